The summed E-state index contributed by atoms with van der Waals surface area (Å²) in [5, 5.41) is 13.0. The highest BCUT2D eigenvalue weighted by molar-refractivity contribution is 5.79. The van der Waals surface area contributed by atoms with Gasteiger partial charge in [-0.3, -0.25) is 15.0 Å². The van der Waals surface area contributed by atoms with Crippen molar-refractivity contribution in [2.75, 3.05) is 26.8 Å². The summed E-state index contributed by atoms with van der Waals surface area (Å²) in [6.45, 7) is 2.99. The first-order chi connectivity index (χ1) is 9.63. The molecule has 0 aromatic carbocycles. The Balaban J connectivity index is 1.59. The number of rotatable bonds is 6. The molecule has 0 spiro atoms. The summed E-state index contributed by atoms with van der Waals surface area (Å²) in [5.74, 6) is -0.0317. The zero-order chi connectivity index (χ0) is 14.2. The Morgan fingerprint density at radius 1 is 1.40 bits per heavy atom. The zero-order valence-corrected chi connectivity index (χ0v) is 12.3. The molecule has 0 aromatic heterocycles. The zero-order valence-electron chi connectivity index (χ0n) is 12.3. The van der Waals surface area contributed by atoms with Gasteiger partial charge in [-0.25, -0.2) is 0 Å². The van der Waals surface area contributed by atoms with Crippen LogP contribution in [0.4, 0.5) is 0 Å². The average Bonchev–Trinajstić information content (AvgIpc) is 2.92. The number of likely N-dealkylation sites (tertiary alicyclic amines) is 1. The highest BCUT2D eigenvalue weighted by atomic mass is 16.5. The molecule has 5 nitrogen and oxygen atoms in total. The van der Waals surface area contributed by atoms with Crippen LogP contribution in [0.5, 0.6) is 0 Å². The lowest BCUT2D eigenvalue weighted by molar-refractivity contribution is -0.145. The molecule has 1 aliphatic heterocycles. The van der Waals surface area contributed by atoms with E-state index in [4.69, 9.17) is 4.74 Å². The Labute approximate surface area is 120 Å². The minimum Gasteiger partial charge on any atom is -0.480 e. The number of carboxylic acid groups (broad SMARTS) is 1. The summed E-state index contributed by atoms with van der Waals surface area (Å²) < 4.78 is 5.24. The Morgan fingerprint density at radius 2 is 2.20 bits per heavy atom. The Kier molecular flexibility index (Phi) is 4.02. The maximum atomic E-state index is 11.7. The third-order valence-electron chi connectivity index (χ3n) is 5.19. The van der Waals surface area contributed by atoms with Crippen molar-refractivity contribution >= 4 is 5.97 Å². The molecule has 0 radical (unpaired) electrons. The van der Waals surface area contributed by atoms with Crippen LogP contribution in [0, 0.1) is 5.92 Å². The third-order valence-corrected chi connectivity index (χ3v) is 5.19. The van der Waals surface area contributed by atoms with Crippen molar-refractivity contribution in [3.8, 4) is 0 Å². The summed E-state index contributed by atoms with van der Waals surface area (Å²) in [5.41, 5.74) is -0.662. The van der Waals surface area contributed by atoms with Gasteiger partial charge in [-0.1, -0.05) is 0 Å². The van der Waals surface area contributed by atoms with Crippen molar-refractivity contribution in [3.05, 3.63) is 0 Å². The van der Waals surface area contributed by atoms with Crippen LogP contribution in [0.1, 0.15) is 38.5 Å². The summed E-state index contributed by atoms with van der Waals surface area (Å²) in [6.07, 6.45) is 6.00. The average molecular weight is 282 g/mol. The van der Waals surface area contributed by atoms with Crippen molar-refractivity contribution in [1.82, 2.24) is 10.2 Å². The Morgan fingerprint density at radius 3 is 2.85 bits per heavy atom. The first-order valence-electron chi connectivity index (χ1n) is 7.87. The summed E-state index contributed by atoms with van der Waals surface area (Å²) in [4.78, 5) is 14.2. The molecule has 3 rings (SSSR count). The van der Waals surface area contributed by atoms with Gasteiger partial charge in [0.1, 0.15) is 5.54 Å². The molecular weight excluding hydrogens is 256 g/mol. The molecule has 114 valence electrons. The highest BCUT2D eigenvalue weighted by Crippen LogP contribution is 2.38. The molecule has 3 unspecified atom stereocenters. The fraction of sp³-hybridized carbons (Fsp3) is 0.933. The van der Waals surface area contributed by atoms with Gasteiger partial charge in [-0.15, -0.1) is 0 Å². The molecule has 0 bridgehead atoms. The number of aliphatic carboxylic acids is 1. The molecule has 0 amide bonds. The topological polar surface area (TPSA) is 61.8 Å². The number of ether oxygens (including phenoxy) is 1. The second-order valence-electron chi connectivity index (χ2n) is 6.81. The standard InChI is InChI=1S/C15H26N2O3/c1-20-10-11-5-7-17(9-11)13-4-6-15(8-13,14(18)19)16-12-2-3-12/h11-13,16H,2-10H2,1H3,(H,18,19). The van der Waals surface area contributed by atoms with Crippen LogP contribution in [0.3, 0.4) is 0 Å². The number of hydrogen-bond donors (Lipinski definition) is 2. The SMILES string of the molecule is COCC1CCN(C2CCC(NC3CC3)(C(=O)O)C2)C1. The minimum atomic E-state index is -0.662. The maximum absolute atomic E-state index is 11.7. The lowest BCUT2D eigenvalue weighted by Crippen LogP contribution is -2.52. The summed E-state index contributed by atoms with van der Waals surface area (Å²) in [6, 6.07) is 0.879. The smallest absolute Gasteiger partial charge is 0.323 e. The normalized spacial score (nSPS) is 38.5. The van der Waals surface area contributed by atoms with Crippen LogP contribution in [-0.2, 0) is 9.53 Å². The molecule has 2 saturated carbocycles. The van der Waals surface area contributed by atoms with Gasteiger partial charge in [0, 0.05) is 25.7 Å². The molecule has 0 aromatic rings. The molecule has 2 aliphatic carbocycles. The fourth-order valence-corrected chi connectivity index (χ4v) is 3.90. The van der Waals surface area contributed by atoms with E-state index in [0.717, 1.165) is 51.8 Å². The quantitative estimate of drug-likeness (QED) is 0.763. The molecule has 20 heavy (non-hydrogen) atoms. The van der Waals surface area contributed by atoms with Crippen LogP contribution in [0.15, 0.2) is 0 Å². The second-order valence-corrected chi connectivity index (χ2v) is 6.81. The van der Waals surface area contributed by atoms with E-state index in [0.29, 0.717) is 18.0 Å². The number of methoxy groups -OCH3 is 1. The van der Waals surface area contributed by atoms with E-state index in [9.17, 15) is 9.90 Å². The maximum Gasteiger partial charge on any atom is 0.323 e. The van der Waals surface area contributed by atoms with Crippen molar-refractivity contribution in [3.63, 3.8) is 0 Å². The van der Waals surface area contributed by atoms with Crippen molar-refractivity contribution < 1.29 is 14.6 Å². The van der Waals surface area contributed by atoms with Gasteiger partial charge in [-0.2, -0.15) is 0 Å². The largest absolute Gasteiger partial charge is 0.480 e. The van der Waals surface area contributed by atoms with E-state index < -0.39 is 11.5 Å². The number of nitrogens with zero attached hydrogens (tertiary/aromatic N) is 1. The molecule has 3 fully saturated rings. The summed E-state index contributed by atoms with van der Waals surface area (Å²) >= 11 is 0. The molecule has 1 heterocycles. The van der Waals surface area contributed by atoms with E-state index in [2.05, 4.69) is 10.2 Å². The van der Waals surface area contributed by atoms with E-state index >= 15 is 0 Å². The van der Waals surface area contributed by atoms with Crippen LogP contribution in [-0.4, -0.2) is 60.4 Å². The Bertz CT molecular complexity index is 372. The van der Waals surface area contributed by atoms with Crippen molar-refractivity contribution in [1.29, 1.82) is 0 Å². The highest BCUT2D eigenvalue weighted by Gasteiger charge is 2.49. The number of carboxylic acids is 1. The molecule has 5 heteroatoms. The van der Waals surface area contributed by atoms with Crippen LogP contribution in [0.25, 0.3) is 0 Å². The predicted octanol–water partition coefficient (Wildman–Crippen LogP) is 1.08. The fourth-order valence-electron chi connectivity index (χ4n) is 3.90. The first-order valence-corrected chi connectivity index (χ1v) is 7.87. The Hall–Kier alpha value is -0.650. The second kappa shape index (κ2) is 5.62. The van der Waals surface area contributed by atoms with Gasteiger partial charge in [0.05, 0.1) is 6.61 Å². The summed E-state index contributed by atoms with van der Waals surface area (Å²) in [7, 11) is 1.76. The monoisotopic (exact) mass is 282 g/mol. The van der Waals surface area contributed by atoms with Gasteiger partial charge < -0.3 is 9.84 Å². The van der Waals surface area contributed by atoms with Gasteiger partial charge in [0.25, 0.3) is 0 Å². The number of nitrogens with one attached hydrogen (secondary N) is 1. The van der Waals surface area contributed by atoms with E-state index in [1.54, 1.807) is 7.11 Å². The minimum absolute atomic E-state index is 0.430. The van der Waals surface area contributed by atoms with E-state index in [1.165, 1.54) is 6.42 Å². The predicted molar refractivity (Wildman–Crippen MR) is 75.7 cm³/mol. The van der Waals surface area contributed by atoms with E-state index in [-0.39, 0.29) is 0 Å². The molecule has 3 aliphatic rings. The van der Waals surface area contributed by atoms with Crippen LogP contribution in [0.2, 0.25) is 0 Å². The van der Waals surface area contributed by atoms with Gasteiger partial charge >= 0.3 is 5.97 Å². The van der Waals surface area contributed by atoms with Crippen LogP contribution < -0.4 is 5.32 Å². The van der Waals surface area contributed by atoms with Gasteiger partial charge in [0.15, 0.2) is 0 Å². The van der Waals surface area contributed by atoms with Gasteiger partial charge in [-0.05, 0) is 51.0 Å². The molecule has 3 atom stereocenters. The first kappa shape index (κ1) is 14.3. The lowest BCUT2D eigenvalue weighted by Gasteiger charge is -2.29. The molecule has 1 saturated heterocycles. The van der Waals surface area contributed by atoms with E-state index in [1.807, 2.05) is 0 Å². The molecule has 2 N–H and O–H groups in total. The lowest BCUT2D eigenvalue weighted by atomic mass is 9.97. The van der Waals surface area contributed by atoms with Crippen molar-refractivity contribution in [2.24, 2.45) is 5.92 Å². The van der Waals surface area contributed by atoms with Crippen LogP contribution >= 0.6 is 0 Å². The number of hydrogen-bond acceptors (Lipinski definition) is 4. The van der Waals surface area contributed by atoms with Gasteiger partial charge in [0.2, 0.25) is 0 Å². The van der Waals surface area contributed by atoms with Crippen molar-refractivity contribution in [2.45, 2.75) is 56.1 Å². The molecular formula is C15H26N2O3. The number of carbonyl (C=O) groups is 1. The third kappa shape index (κ3) is 2.85.